The molecule has 0 amide bonds. The maximum absolute atomic E-state index is 5.88. The van der Waals surface area contributed by atoms with Crippen LogP contribution in [0.15, 0.2) is 22.9 Å². The number of aromatic nitrogens is 1. The van der Waals surface area contributed by atoms with Crippen LogP contribution < -0.4 is 10.6 Å². The van der Waals surface area contributed by atoms with Crippen molar-refractivity contribution in [1.82, 2.24) is 9.88 Å². The zero-order chi connectivity index (χ0) is 14.5. The molecule has 1 aromatic rings. The van der Waals surface area contributed by atoms with E-state index in [9.17, 15) is 0 Å². The van der Waals surface area contributed by atoms with Crippen LogP contribution in [0, 0.1) is 0 Å². The molecule has 0 spiro atoms. The van der Waals surface area contributed by atoms with E-state index in [0.717, 1.165) is 43.5 Å². The van der Waals surface area contributed by atoms with E-state index < -0.39 is 0 Å². The molecular weight excluding hydrogens is 336 g/mol. The minimum absolute atomic E-state index is 0.248. The van der Waals surface area contributed by atoms with Crippen molar-refractivity contribution in [1.29, 1.82) is 0 Å². The Hall–Kier alpha value is -0.720. The minimum atomic E-state index is 0.248. The van der Waals surface area contributed by atoms with E-state index in [1.807, 2.05) is 12.4 Å². The van der Waals surface area contributed by atoms with Crippen molar-refractivity contribution in [2.75, 3.05) is 31.1 Å². The van der Waals surface area contributed by atoms with Crippen molar-refractivity contribution in [3.8, 4) is 0 Å². The van der Waals surface area contributed by atoms with E-state index >= 15 is 0 Å². The number of anilines is 1. The van der Waals surface area contributed by atoms with Gasteiger partial charge in [-0.25, -0.2) is 0 Å². The lowest BCUT2D eigenvalue weighted by Crippen LogP contribution is -2.53. The molecule has 2 rings (SSSR count). The van der Waals surface area contributed by atoms with Gasteiger partial charge >= 0.3 is 0 Å². The van der Waals surface area contributed by atoms with Crippen molar-refractivity contribution in [3.05, 3.63) is 22.9 Å². The molecule has 2 N–H and O–H groups in total. The van der Waals surface area contributed by atoms with Gasteiger partial charge < -0.3 is 10.6 Å². The van der Waals surface area contributed by atoms with Gasteiger partial charge in [-0.3, -0.25) is 9.88 Å². The third-order valence-corrected chi connectivity index (χ3v) is 4.62. The molecule has 6 heteroatoms. The third-order valence-electron chi connectivity index (χ3n) is 3.74. The zero-order valence-electron chi connectivity index (χ0n) is 11.8. The first-order valence-electron chi connectivity index (χ1n) is 7.01. The fraction of sp³-hybridized carbons (Fsp3) is 0.571. The molecule has 1 unspecified atom stereocenters. The summed E-state index contributed by atoms with van der Waals surface area (Å²) in [4.78, 5) is 9.54. The van der Waals surface area contributed by atoms with E-state index in [0.29, 0.717) is 4.99 Å². The predicted octanol–water partition coefficient (Wildman–Crippen LogP) is 2.42. The summed E-state index contributed by atoms with van der Waals surface area (Å²) in [6.07, 6.45) is 5.84. The Morgan fingerprint density at radius 3 is 2.70 bits per heavy atom. The topological polar surface area (TPSA) is 45.4 Å². The normalized spacial score (nSPS) is 18.0. The fourth-order valence-corrected chi connectivity index (χ4v) is 3.45. The molecule has 0 saturated carbocycles. The van der Waals surface area contributed by atoms with Crippen LogP contribution in [0.25, 0.3) is 0 Å². The Balaban J connectivity index is 1.98. The predicted molar refractivity (Wildman–Crippen MR) is 91.2 cm³/mol. The standard InChI is InChI=1S/C14H21BrN4S/c1-2-3-13(14(16)20)19-8-6-18(7-9-19)12-4-5-17-10-11(12)15/h4-5,10,13H,2-3,6-9H2,1H3,(H2,16,20). The van der Waals surface area contributed by atoms with Crippen LogP contribution >= 0.6 is 28.1 Å². The molecule has 0 radical (unpaired) electrons. The average Bonchev–Trinajstić information content (AvgIpc) is 2.45. The number of piperazine rings is 1. The summed E-state index contributed by atoms with van der Waals surface area (Å²) in [5, 5.41) is 0. The van der Waals surface area contributed by atoms with E-state index in [2.05, 4.69) is 43.7 Å². The molecule has 0 aliphatic carbocycles. The number of halogens is 1. The van der Waals surface area contributed by atoms with E-state index in [-0.39, 0.29) is 6.04 Å². The summed E-state index contributed by atoms with van der Waals surface area (Å²) in [5.74, 6) is 0. The average molecular weight is 357 g/mol. The molecular formula is C14H21BrN4S. The van der Waals surface area contributed by atoms with E-state index in [1.165, 1.54) is 5.69 Å². The van der Waals surface area contributed by atoms with Gasteiger partial charge in [-0.15, -0.1) is 0 Å². The van der Waals surface area contributed by atoms with Crippen LogP contribution in [0.1, 0.15) is 19.8 Å². The number of hydrogen-bond donors (Lipinski definition) is 1. The maximum Gasteiger partial charge on any atom is 0.0902 e. The SMILES string of the molecule is CCCC(C(N)=S)N1CCN(c2ccncc2Br)CC1. The Kier molecular flexibility index (Phi) is 5.74. The Morgan fingerprint density at radius 1 is 1.45 bits per heavy atom. The highest BCUT2D eigenvalue weighted by molar-refractivity contribution is 9.10. The molecule has 1 saturated heterocycles. The van der Waals surface area contributed by atoms with Gasteiger partial charge in [-0.2, -0.15) is 0 Å². The molecule has 2 heterocycles. The third kappa shape index (κ3) is 3.68. The lowest BCUT2D eigenvalue weighted by Gasteiger charge is -2.40. The number of nitrogens with zero attached hydrogens (tertiary/aromatic N) is 3. The Bertz CT molecular complexity index is 460. The van der Waals surface area contributed by atoms with Gasteiger partial charge in [0.05, 0.1) is 21.2 Å². The fourth-order valence-electron chi connectivity index (χ4n) is 2.68. The number of nitrogens with two attached hydrogens (primary N) is 1. The molecule has 0 aromatic carbocycles. The van der Waals surface area contributed by atoms with Crippen molar-refractivity contribution in [3.63, 3.8) is 0 Å². The lowest BCUT2D eigenvalue weighted by molar-refractivity contribution is 0.219. The van der Waals surface area contributed by atoms with Crippen LogP contribution in [-0.2, 0) is 0 Å². The van der Waals surface area contributed by atoms with Crippen LogP contribution in [-0.4, -0.2) is 47.1 Å². The first-order valence-corrected chi connectivity index (χ1v) is 8.21. The smallest absolute Gasteiger partial charge is 0.0902 e. The van der Waals surface area contributed by atoms with Gasteiger partial charge in [-0.05, 0) is 28.4 Å². The molecule has 0 bridgehead atoms. The van der Waals surface area contributed by atoms with Crippen LogP contribution in [0.3, 0.4) is 0 Å². The van der Waals surface area contributed by atoms with Gasteiger partial charge in [0.15, 0.2) is 0 Å². The number of pyridine rings is 1. The first-order chi connectivity index (χ1) is 9.63. The molecule has 1 aromatic heterocycles. The monoisotopic (exact) mass is 356 g/mol. The molecule has 1 fully saturated rings. The molecule has 110 valence electrons. The van der Waals surface area contributed by atoms with Crippen LogP contribution in [0.4, 0.5) is 5.69 Å². The first kappa shape index (κ1) is 15.7. The summed E-state index contributed by atoms with van der Waals surface area (Å²) in [6.45, 7) is 6.15. The second kappa shape index (κ2) is 7.33. The quantitative estimate of drug-likeness (QED) is 0.820. The van der Waals surface area contributed by atoms with Crippen LogP contribution in [0.2, 0.25) is 0 Å². The second-order valence-corrected chi connectivity index (χ2v) is 6.38. The molecule has 4 nitrogen and oxygen atoms in total. The van der Waals surface area contributed by atoms with Crippen molar-refractivity contribution < 1.29 is 0 Å². The number of thiocarbonyl (C=S) groups is 1. The zero-order valence-corrected chi connectivity index (χ0v) is 14.2. The summed E-state index contributed by atoms with van der Waals surface area (Å²) in [7, 11) is 0. The van der Waals surface area contributed by atoms with Gasteiger partial charge in [0.25, 0.3) is 0 Å². The van der Waals surface area contributed by atoms with E-state index in [1.54, 1.807) is 0 Å². The van der Waals surface area contributed by atoms with Gasteiger partial charge in [-0.1, -0.05) is 25.6 Å². The summed E-state index contributed by atoms with van der Waals surface area (Å²) in [6, 6.07) is 2.30. The van der Waals surface area contributed by atoms with Crippen molar-refractivity contribution in [2.24, 2.45) is 5.73 Å². The summed E-state index contributed by atoms with van der Waals surface area (Å²) < 4.78 is 1.05. The van der Waals surface area contributed by atoms with Crippen molar-refractivity contribution >= 4 is 38.8 Å². The maximum atomic E-state index is 5.88. The van der Waals surface area contributed by atoms with Gasteiger partial charge in [0.1, 0.15) is 0 Å². The molecule has 1 aliphatic heterocycles. The van der Waals surface area contributed by atoms with Crippen molar-refractivity contribution in [2.45, 2.75) is 25.8 Å². The highest BCUT2D eigenvalue weighted by Gasteiger charge is 2.25. The van der Waals surface area contributed by atoms with E-state index in [4.69, 9.17) is 18.0 Å². The summed E-state index contributed by atoms with van der Waals surface area (Å²) in [5.41, 5.74) is 7.09. The van der Waals surface area contributed by atoms with Crippen LogP contribution in [0.5, 0.6) is 0 Å². The number of rotatable bonds is 5. The molecule has 1 aliphatic rings. The molecule has 20 heavy (non-hydrogen) atoms. The lowest BCUT2D eigenvalue weighted by atomic mass is 10.1. The highest BCUT2D eigenvalue weighted by Crippen LogP contribution is 2.26. The Morgan fingerprint density at radius 2 is 2.15 bits per heavy atom. The number of hydrogen-bond acceptors (Lipinski definition) is 4. The van der Waals surface area contributed by atoms with Gasteiger partial charge in [0, 0.05) is 38.6 Å². The van der Waals surface area contributed by atoms with Gasteiger partial charge in [0.2, 0.25) is 0 Å². The highest BCUT2D eigenvalue weighted by atomic mass is 79.9. The Labute approximate surface area is 134 Å². The largest absolute Gasteiger partial charge is 0.392 e. The second-order valence-electron chi connectivity index (χ2n) is 5.06. The minimum Gasteiger partial charge on any atom is -0.392 e. The summed E-state index contributed by atoms with van der Waals surface area (Å²) >= 11 is 8.78. The molecule has 1 atom stereocenters.